The zero-order valence-electron chi connectivity index (χ0n) is 8.73. The van der Waals surface area contributed by atoms with E-state index in [-0.39, 0.29) is 5.41 Å². The lowest BCUT2D eigenvalue weighted by atomic mass is 9.90. The van der Waals surface area contributed by atoms with Crippen LogP contribution >= 0.6 is 0 Å². The smallest absolute Gasteiger partial charge is 0.241 e. The van der Waals surface area contributed by atoms with Crippen molar-refractivity contribution in [1.82, 2.24) is 4.98 Å². The Bertz CT molecular complexity index is 266. The number of nitrogens with zero attached hydrogens (tertiary/aromatic N) is 1. The van der Waals surface area contributed by atoms with Gasteiger partial charge in [-0.25, -0.2) is 9.55 Å². The number of hydrogen-bond donors (Lipinski definition) is 1. The number of aryl methyl sites for hydroxylation is 2. The Balaban J connectivity index is 3.19. The molecule has 2 heteroatoms. The van der Waals surface area contributed by atoms with Crippen molar-refractivity contribution < 1.29 is 4.57 Å². The van der Waals surface area contributed by atoms with Gasteiger partial charge >= 0.3 is 0 Å². The topological polar surface area (TPSA) is 19.7 Å². The Morgan fingerprint density at radius 3 is 2.33 bits per heavy atom. The summed E-state index contributed by atoms with van der Waals surface area (Å²) in [7, 11) is 0. The first-order valence-electron chi connectivity index (χ1n) is 4.54. The predicted molar refractivity (Wildman–Crippen MR) is 50.1 cm³/mol. The number of imidazole rings is 1. The molecule has 0 bridgehead atoms. The van der Waals surface area contributed by atoms with E-state index < -0.39 is 0 Å². The SMILES string of the molecule is CC[n+]1c[nH]c(C)c1C(C)(C)C. The highest BCUT2D eigenvalue weighted by molar-refractivity contribution is 5.12. The van der Waals surface area contributed by atoms with Crippen LogP contribution in [-0.4, -0.2) is 4.98 Å². The van der Waals surface area contributed by atoms with Crippen LogP contribution in [0.25, 0.3) is 0 Å². The van der Waals surface area contributed by atoms with E-state index >= 15 is 0 Å². The molecule has 68 valence electrons. The fourth-order valence-electron chi connectivity index (χ4n) is 1.77. The van der Waals surface area contributed by atoms with E-state index in [9.17, 15) is 0 Å². The number of hydrogen-bond acceptors (Lipinski definition) is 0. The summed E-state index contributed by atoms with van der Waals surface area (Å²) >= 11 is 0. The van der Waals surface area contributed by atoms with Crippen LogP contribution in [0.3, 0.4) is 0 Å². The molecule has 0 atom stereocenters. The molecule has 0 amide bonds. The maximum Gasteiger partial charge on any atom is 0.241 e. The van der Waals surface area contributed by atoms with Gasteiger partial charge in [0.15, 0.2) is 5.69 Å². The minimum absolute atomic E-state index is 0.236. The van der Waals surface area contributed by atoms with Gasteiger partial charge < -0.3 is 0 Å². The van der Waals surface area contributed by atoms with Crippen LogP contribution in [0.2, 0.25) is 0 Å². The number of rotatable bonds is 1. The third-order valence-corrected chi connectivity index (χ3v) is 2.13. The zero-order chi connectivity index (χ0) is 9.35. The molecule has 12 heavy (non-hydrogen) atoms. The number of aromatic nitrogens is 2. The largest absolute Gasteiger partial charge is 0.248 e. The third-order valence-electron chi connectivity index (χ3n) is 2.13. The average molecular weight is 167 g/mol. The zero-order valence-corrected chi connectivity index (χ0v) is 8.73. The molecular formula is C10H19N2+. The second-order valence-corrected chi connectivity index (χ2v) is 4.28. The molecule has 0 aliphatic rings. The maximum atomic E-state index is 3.26. The molecule has 0 saturated carbocycles. The number of nitrogens with one attached hydrogen (secondary N) is 1. The first-order chi connectivity index (χ1) is 5.46. The normalized spacial score (nSPS) is 12.1. The average Bonchev–Trinajstić information content (AvgIpc) is 2.29. The molecule has 0 aliphatic heterocycles. The van der Waals surface area contributed by atoms with E-state index in [1.54, 1.807) is 0 Å². The van der Waals surface area contributed by atoms with Gasteiger partial charge in [0, 0.05) is 12.3 Å². The van der Waals surface area contributed by atoms with Crippen molar-refractivity contribution in [2.75, 3.05) is 0 Å². The van der Waals surface area contributed by atoms with Crippen molar-refractivity contribution in [3.63, 3.8) is 0 Å². The molecule has 0 unspecified atom stereocenters. The van der Waals surface area contributed by atoms with E-state index in [1.165, 1.54) is 11.4 Å². The molecule has 1 aromatic rings. The first kappa shape index (κ1) is 9.30. The van der Waals surface area contributed by atoms with Gasteiger partial charge in [-0.05, 0) is 6.92 Å². The monoisotopic (exact) mass is 167 g/mol. The fraction of sp³-hybridized carbons (Fsp3) is 0.700. The van der Waals surface area contributed by atoms with Crippen molar-refractivity contribution in [1.29, 1.82) is 0 Å². The highest BCUT2D eigenvalue weighted by Gasteiger charge is 2.26. The second kappa shape index (κ2) is 2.92. The minimum atomic E-state index is 0.236. The van der Waals surface area contributed by atoms with Crippen LogP contribution in [-0.2, 0) is 12.0 Å². The van der Waals surface area contributed by atoms with Crippen LogP contribution in [0.4, 0.5) is 0 Å². The summed E-state index contributed by atoms with van der Waals surface area (Å²) in [6.07, 6.45) is 2.05. The standard InChI is InChI=1S/C10H18N2/c1-6-12-7-11-8(2)9(12)10(3,4)5/h7H,6H2,1-5H3/p+1. The molecule has 0 saturated heterocycles. The van der Waals surface area contributed by atoms with Gasteiger partial charge in [-0.15, -0.1) is 0 Å². The van der Waals surface area contributed by atoms with E-state index in [0.29, 0.717) is 0 Å². The lowest BCUT2D eigenvalue weighted by Crippen LogP contribution is -2.40. The van der Waals surface area contributed by atoms with Crippen LogP contribution in [0.1, 0.15) is 39.1 Å². The van der Waals surface area contributed by atoms with Gasteiger partial charge in [-0.2, -0.15) is 0 Å². The van der Waals surface area contributed by atoms with Crippen molar-refractivity contribution in [3.8, 4) is 0 Å². The summed E-state index contributed by atoms with van der Waals surface area (Å²) < 4.78 is 2.27. The van der Waals surface area contributed by atoms with Crippen molar-refractivity contribution >= 4 is 0 Å². The second-order valence-electron chi connectivity index (χ2n) is 4.28. The quantitative estimate of drug-likeness (QED) is 0.617. The molecule has 1 N–H and O–H groups in total. The van der Waals surface area contributed by atoms with Gasteiger partial charge in [0.1, 0.15) is 5.69 Å². The highest BCUT2D eigenvalue weighted by atomic mass is 15.1. The Hall–Kier alpha value is -0.790. The van der Waals surface area contributed by atoms with Gasteiger partial charge in [0.25, 0.3) is 0 Å². The molecule has 0 radical (unpaired) electrons. The molecule has 1 heterocycles. The number of H-pyrrole nitrogens is 1. The maximum absolute atomic E-state index is 3.26. The lowest BCUT2D eigenvalue weighted by Gasteiger charge is -2.16. The van der Waals surface area contributed by atoms with Crippen LogP contribution in [0, 0.1) is 6.92 Å². The van der Waals surface area contributed by atoms with Crippen molar-refractivity contribution in [2.24, 2.45) is 0 Å². The molecule has 1 aromatic heterocycles. The van der Waals surface area contributed by atoms with E-state index in [0.717, 1.165) is 6.54 Å². The minimum Gasteiger partial charge on any atom is -0.248 e. The van der Waals surface area contributed by atoms with Gasteiger partial charge in [-0.3, -0.25) is 0 Å². The molecule has 0 fully saturated rings. The Morgan fingerprint density at radius 1 is 1.42 bits per heavy atom. The van der Waals surface area contributed by atoms with Crippen LogP contribution in [0.15, 0.2) is 6.33 Å². The van der Waals surface area contributed by atoms with Crippen molar-refractivity contribution in [2.45, 2.75) is 46.6 Å². The fourth-order valence-corrected chi connectivity index (χ4v) is 1.77. The lowest BCUT2D eigenvalue weighted by molar-refractivity contribution is -0.702. The number of aromatic amines is 1. The molecular weight excluding hydrogens is 148 g/mol. The Kier molecular flexibility index (Phi) is 2.27. The summed E-state index contributed by atoms with van der Waals surface area (Å²) in [6, 6.07) is 0. The van der Waals surface area contributed by atoms with Crippen LogP contribution in [0.5, 0.6) is 0 Å². The summed E-state index contributed by atoms with van der Waals surface area (Å²) in [4.78, 5) is 3.26. The first-order valence-corrected chi connectivity index (χ1v) is 4.54. The molecule has 0 aliphatic carbocycles. The van der Waals surface area contributed by atoms with Crippen molar-refractivity contribution in [3.05, 3.63) is 17.7 Å². The van der Waals surface area contributed by atoms with Gasteiger partial charge in [0.2, 0.25) is 6.33 Å². The van der Waals surface area contributed by atoms with Gasteiger partial charge in [-0.1, -0.05) is 20.8 Å². The summed E-state index contributed by atoms with van der Waals surface area (Å²) in [5.41, 5.74) is 2.93. The summed E-state index contributed by atoms with van der Waals surface area (Å²) in [6.45, 7) is 12.1. The summed E-state index contributed by atoms with van der Waals surface area (Å²) in [5.74, 6) is 0. The van der Waals surface area contributed by atoms with Gasteiger partial charge in [0.05, 0.1) is 6.54 Å². The third kappa shape index (κ3) is 1.52. The van der Waals surface area contributed by atoms with E-state index in [4.69, 9.17) is 0 Å². The predicted octanol–water partition coefficient (Wildman–Crippen LogP) is 1.93. The Labute approximate surface area is 74.6 Å². The van der Waals surface area contributed by atoms with Crippen LogP contribution < -0.4 is 4.57 Å². The summed E-state index contributed by atoms with van der Waals surface area (Å²) in [5, 5.41) is 0. The molecule has 2 nitrogen and oxygen atoms in total. The molecule has 1 rings (SSSR count). The molecule has 0 aromatic carbocycles. The Morgan fingerprint density at radius 2 is 2.00 bits per heavy atom. The molecule has 0 spiro atoms. The van der Waals surface area contributed by atoms with E-state index in [1.807, 2.05) is 0 Å². The van der Waals surface area contributed by atoms with E-state index in [2.05, 4.69) is 50.5 Å². The highest BCUT2D eigenvalue weighted by Crippen LogP contribution is 2.20.